The van der Waals surface area contributed by atoms with Crippen molar-refractivity contribution in [2.45, 2.75) is 53.9 Å². The summed E-state index contributed by atoms with van der Waals surface area (Å²) in [7, 11) is 0. The molecule has 1 N–H and O–H groups in total. The average Bonchev–Trinajstić information content (AvgIpc) is 2.74. The Kier molecular flexibility index (Phi) is 8.17. The van der Waals surface area contributed by atoms with E-state index in [-0.39, 0.29) is 17.2 Å². The van der Waals surface area contributed by atoms with Crippen LogP contribution in [0.2, 0.25) is 0 Å². The lowest BCUT2D eigenvalue weighted by molar-refractivity contribution is -0.130. The van der Waals surface area contributed by atoms with Crippen LogP contribution >= 0.6 is 0 Å². The largest absolute Gasteiger partial charge is 0.368 e. The van der Waals surface area contributed by atoms with Crippen LogP contribution in [0.15, 0.2) is 48.5 Å². The van der Waals surface area contributed by atoms with Crippen LogP contribution in [0, 0.1) is 18.3 Å². The molecular formula is C28H39N3O2. The number of carbonyl (C=O) groups excluding carboxylic acids is 2. The van der Waals surface area contributed by atoms with E-state index in [2.05, 4.69) is 63.0 Å². The number of amides is 2. The Morgan fingerprint density at radius 1 is 0.970 bits per heavy atom. The molecule has 0 aromatic heterocycles. The molecule has 3 rings (SSSR count). The van der Waals surface area contributed by atoms with Crippen molar-refractivity contribution in [1.82, 2.24) is 4.90 Å². The summed E-state index contributed by atoms with van der Waals surface area (Å²) in [4.78, 5) is 29.4. The minimum Gasteiger partial charge on any atom is -0.368 e. The molecule has 178 valence electrons. The smallest absolute Gasteiger partial charge is 0.227 e. The molecule has 1 aliphatic heterocycles. The van der Waals surface area contributed by atoms with Gasteiger partial charge < -0.3 is 15.1 Å². The molecule has 0 spiro atoms. The van der Waals surface area contributed by atoms with E-state index < -0.39 is 0 Å². The second kappa shape index (κ2) is 10.9. The number of aryl methyl sites for hydroxylation is 1. The number of carbonyl (C=O) groups is 2. The van der Waals surface area contributed by atoms with E-state index >= 15 is 0 Å². The number of hydrogen-bond donors (Lipinski definition) is 1. The number of rotatable bonds is 7. The molecule has 1 saturated heterocycles. The second-order valence-corrected chi connectivity index (χ2v) is 10.6. The first-order valence-electron chi connectivity index (χ1n) is 12.1. The van der Waals surface area contributed by atoms with Gasteiger partial charge in [0.2, 0.25) is 11.8 Å². The molecule has 1 fully saturated rings. The van der Waals surface area contributed by atoms with E-state index in [4.69, 9.17) is 0 Å². The molecule has 2 aromatic rings. The van der Waals surface area contributed by atoms with E-state index in [0.717, 1.165) is 49.5 Å². The highest BCUT2D eigenvalue weighted by atomic mass is 16.2. The summed E-state index contributed by atoms with van der Waals surface area (Å²) in [5, 5.41) is 3.03. The lowest BCUT2D eigenvalue weighted by atomic mass is 9.84. The van der Waals surface area contributed by atoms with E-state index in [9.17, 15) is 9.59 Å². The van der Waals surface area contributed by atoms with Crippen LogP contribution in [-0.2, 0) is 16.0 Å². The first-order valence-corrected chi connectivity index (χ1v) is 12.1. The predicted octanol–water partition coefficient (Wildman–Crippen LogP) is 5.29. The number of anilines is 2. The Hall–Kier alpha value is -2.82. The van der Waals surface area contributed by atoms with Crippen molar-refractivity contribution in [3.8, 4) is 0 Å². The number of benzene rings is 2. The molecule has 0 radical (unpaired) electrons. The monoisotopic (exact) mass is 449 g/mol. The highest BCUT2D eigenvalue weighted by Gasteiger charge is 2.22. The minimum atomic E-state index is 0.0697. The van der Waals surface area contributed by atoms with Crippen LogP contribution in [-0.4, -0.2) is 42.9 Å². The van der Waals surface area contributed by atoms with E-state index in [1.807, 2.05) is 35.2 Å². The van der Waals surface area contributed by atoms with E-state index in [1.54, 1.807) is 0 Å². The average molecular weight is 450 g/mol. The zero-order valence-electron chi connectivity index (χ0n) is 20.9. The molecule has 0 bridgehead atoms. The van der Waals surface area contributed by atoms with Gasteiger partial charge in [-0.2, -0.15) is 0 Å². The van der Waals surface area contributed by atoms with Gasteiger partial charge in [0.15, 0.2) is 0 Å². The Balaban J connectivity index is 1.46. The van der Waals surface area contributed by atoms with Gasteiger partial charge in [0.25, 0.3) is 0 Å². The second-order valence-electron chi connectivity index (χ2n) is 10.6. The molecule has 0 aliphatic carbocycles. The number of nitrogens with zero attached hydrogens (tertiary/aromatic N) is 2. The maximum atomic E-state index is 12.7. The van der Waals surface area contributed by atoms with Gasteiger partial charge in [0, 0.05) is 44.0 Å². The van der Waals surface area contributed by atoms with Gasteiger partial charge in [-0.25, -0.2) is 0 Å². The molecule has 5 heteroatoms. The highest BCUT2D eigenvalue weighted by Crippen LogP contribution is 2.26. The van der Waals surface area contributed by atoms with Crippen LogP contribution in [0.3, 0.4) is 0 Å². The van der Waals surface area contributed by atoms with Gasteiger partial charge >= 0.3 is 0 Å². The van der Waals surface area contributed by atoms with Crippen molar-refractivity contribution in [2.75, 3.05) is 36.4 Å². The third-order valence-corrected chi connectivity index (χ3v) is 6.25. The van der Waals surface area contributed by atoms with Gasteiger partial charge in [-0.15, -0.1) is 0 Å². The van der Waals surface area contributed by atoms with Crippen LogP contribution in [0.4, 0.5) is 11.4 Å². The summed E-state index contributed by atoms with van der Waals surface area (Å²) >= 11 is 0. The molecule has 1 aliphatic rings. The summed E-state index contributed by atoms with van der Waals surface area (Å²) < 4.78 is 0. The Morgan fingerprint density at radius 3 is 2.21 bits per heavy atom. The molecule has 0 saturated carbocycles. The summed E-state index contributed by atoms with van der Waals surface area (Å²) in [6.45, 7) is 13.9. The molecule has 1 unspecified atom stereocenters. The zero-order chi connectivity index (χ0) is 24.0. The summed E-state index contributed by atoms with van der Waals surface area (Å²) in [6, 6.07) is 16.1. The standard InChI is InChI=1S/C28H39N3O2/c1-21(20-28(3,4)5)18-26(32)29-24-10-12-25(13-11-24)30-14-16-31(17-15-30)27(33)19-23-9-7-6-8-22(23)2/h6-13,21H,14-20H2,1-5H3,(H,29,32). The van der Waals surface area contributed by atoms with Crippen LogP contribution in [0.5, 0.6) is 0 Å². The van der Waals surface area contributed by atoms with Crippen molar-refractivity contribution in [3.05, 3.63) is 59.7 Å². The van der Waals surface area contributed by atoms with Gasteiger partial charge in [0.05, 0.1) is 6.42 Å². The number of hydrogen-bond acceptors (Lipinski definition) is 3. The quantitative estimate of drug-likeness (QED) is 0.625. The molecule has 2 amide bonds. The first-order chi connectivity index (χ1) is 15.6. The van der Waals surface area contributed by atoms with Crippen molar-refractivity contribution in [1.29, 1.82) is 0 Å². The first kappa shape index (κ1) is 24.8. The summed E-state index contributed by atoms with van der Waals surface area (Å²) in [5.74, 6) is 0.622. The lowest BCUT2D eigenvalue weighted by Gasteiger charge is -2.36. The highest BCUT2D eigenvalue weighted by molar-refractivity contribution is 5.91. The lowest BCUT2D eigenvalue weighted by Crippen LogP contribution is -2.49. The molecule has 2 aromatic carbocycles. The van der Waals surface area contributed by atoms with Crippen molar-refractivity contribution < 1.29 is 9.59 Å². The minimum absolute atomic E-state index is 0.0697. The SMILES string of the molecule is Cc1ccccc1CC(=O)N1CCN(c2ccc(NC(=O)CC(C)CC(C)(C)C)cc2)CC1. The molecular weight excluding hydrogens is 410 g/mol. The summed E-state index contributed by atoms with van der Waals surface area (Å²) in [6.07, 6.45) is 2.03. The Bertz CT molecular complexity index is 938. The van der Waals surface area contributed by atoms with Crippen molar-refractivity contribution >= 4 is 23.2 Å². The van der Waals surface area contributed by atoms with E-state index in [0.29, 0.717) is 18.8 Å². The van der Waals surface area contributed by atoms with Gasteiger partial charge in [0.1, 0.15) is 0 Å². The molecule has 5 nitrogen and oxygen atoms in total. The Labute approximate surface area is 199 Å². The molecule has 1 heterocycles. The van der Waals surface area contributed by atoms with Crippen LogP contribution in [0.1, 0.15) is 51.7 Å². The van der Waals surface area contributed by atoms with Gasteiger partial charge in [-0.05, 0) is 60.1 Å². The Morgan fingerprint density at radius 2 is 1.61 bits per heavy atom. The zero-order valence-corrected chi connectivity index (χ0v) is 20.9. The number of piperazine rings is 1. The summed E-state index contributed by atoms with van der Waals surface area (Å²) in [5.41, 5.74) is 4.46. The fourth-order valence-corrected chi connectivity index (χ4v) is 4.70. The third kappa shape index (κ3) is 7.62. The normalized spacial score (nSPS) is 15.3. The predicted molar refractivity (Wildman–Crippen MR) is 137 cm³/mol. The third-order valence-electron chi connectivity index (χ3n) is 6.25. The van der Waals surface area contributed by atoms with Crippen molar-refractivity contribution in [3.63, 3.8) is 0 Å². The van der Waals surface area contributed by atoms with Crippen LogP contribution in [0.25, 0.3) is 0 Å². The van der Waals surface area contributed by atoms with Gasteiger partial charge in [-0.1, -0.05) is 52.0 Å². The molecule has 1 atom stereocenters. The molecule has 33 heavy (non-hydrogen) atoms. The van der Waals surface area contributed by atoms with E-state index in [1.165, 1.54) is 5.56 Å². The fourth-order valence-electron chi connectivity index (χ4n) is 4.70. The topological polar surface area (TPSA) is 52.7 Å². The maximum absolute atomic E-state index is 12.7. The number of nitrogens with one attached hydrogen (secondary N) is 1. The van der Waals surface area contributed by atoms with Crippen LogP contribution < -0.4 is 10.2 Å². The fraction of sp³-hybridized carbons (Fsp3) is 0.500. The maximum Gasteiger partial charge on any atom is 0.227 e. The van der Waals surface area contributed by atoms with Gasteiger partial charge in [-0.3, -0.25) is 9.59 Å². The van der Waals surface area contributed by atoms with Crippen molar-refractivity contribution in [2.24, 2.45) is 11.3 Å².